The number of aliphatic hydroxyl groups is 1. The van der Waals surface area contributed by atoms with E-state index in [1.165, 1.54) is 0 Å². The fourth-order valence-corrected chi connectivity index (χ4v) is 1.01. The summed E-state index contributed by atoms with van der Waals surface area (Å²) in [6, 6.07) is 9.72. The zero-order valence-corrected chi connectivity index (χ0v) is 6.57. The van der Waals surface area contributed by atoms with Crippen LogP contribution in [0.25, 0.3) is 5.32 Å². The van der Waals surface area contributed by atoms with Crippen molar-refractivity contribution in [1.29, 1.82) is 0 Å². The Bertz CT molecular complexity index is 194. The van der Waals surface area contributed by atoms with Gasteiger partial charge in [-0.3, -0.25) is 0 Å². The summed E-state index contributed by atoms with van der Waals surface area (Å²) in [7, 11) is 1.72. The molecule has 0 aliphatic rings. The Morgan fingerprint density at radius 3 is 2.45 bits per heavy atom. The molecule has 0 saturated heterocycles. The molecule has 0 amide bonds. The molecule has 0 spiro atoms. The van der Waals surface area contributed by atoms with Gasteiger partial charge in [0, 0.05) is 6.61 Å². The molecule has 2 nitrogen and oxygen atoms in total. The zero-order chi connectivity index (χ0) is 8.10. The van der Waals surface area contributed by atoms with Crippen LogP contribution in [0.5, 0.6) is 0 Å². The average Bonchev–Trinajstić information content (AvgIpc) is 2.09. The van der Waals surface area contributed by atoms with Gasteiger partial charge in [-0.2, -0.15) is 7.05 Å². The first-order valence-corrected chi connectivity index (χ1v) is 3.63. The molecule has 1 rings (SSSR count). The van der Waals surface area contributed by atoms with Crippen LogP contribution in [0.15, 0.2) is 30.3 Å². The normalized spacial score (nSPS) is 12.9. The Morgan fingerprint density at radius 1 is 1.36 bits per heavy atom. The van der Waals surface area contributed by atoms with Gasteiger partial charge < -0.3 is 10.4 Å². The fraction of sp³-hybridized carbons (Fsp3) is 0.333. The molecule has 11 heavy (non-hydrogen) atoms. The van der Waals surface area contributed by atoms with Crippen LogP contribution in [0.4, 0.5) is 0 Å². The molecule has 0 aliphatic heterocycles. The molecule has 1 aromatic rings. The maximum atomic E-state index is 8.89. The van der Waals surface area contributed by atoms with Crippen molar-refractivity contribution in [3.05, 3.63) is 41.2 Å². The molecule has 2 heteroatoms. The van der Waals surface area contributed by atoms with E-state index in [9.17, 15) is 0 Å². The van der Waals surface area contributed by atoms with Gasteiger partial charge in [0.25, 0.3) is 0 Å². The highest BCUT2D eigenvalue weighted by Crippen LogP contribution is 2.18. The number of rotatable bonds is 3. The summed E-state index contributed by atoms with van der Waals surface area (Å²) in [5.74, 6) is 0. The van der Waals surface area contributed by atoms with E-state index in [2.05, 4.69) is 5.32 Å². The minimum atomic E-state index is -0.0591. The molecule has 1 aromatic carbocycles. The topological polar surface area (TPSA) is 34.3 Å². The lowest BCUT2D eigenvalue weighted by Gasteiger charge is -2.25. The van der Waals surface area contributed by atoms with Gasteiger partial charge in [0.2, 0.25) is 0 Å². The first kappa shape index (κ1) is 8.24. The minimum absolute atomic E-state index is 0.0591. The van der Waals surface area contributed by atoms with Crippen molar-refractivity contribution in [2.45, 2.75) is 6.04 Å². The molecule has 0 fully saturated rings. The number of hydrogen-bond acceptors (Lipinski definition) is 1. The molecule has 1 N–H and O–H groups in total. The van der Waals surface area contributed by atoms with E-state index >= 15 is 0 Å². The van der Waals surface area contributed by atoms with Crippen LogP contribution in [0.2, 0.25) is 0 Å². The van der Waals surface area contributed by atoms with Gasteiger partial charge >= 0.3 is 0 Å². The smallest absolute Gasteiger partial charge is 0.0310 e. The van der Waals surface area contributed by atoms with Gasteiger partial charge in [-0.05, 0) is 0 Å². The van der Waals surface area contributed by atoms with Gasteiger partial charge in [0.15, 0.2) is 0 Å². The second-order valence-corrected chi connectivity index (χ2v) is 2.37. The number of nitrogens with zero attached hydrogens (tertiary/aromatic N) is 1. The van der Waals surface area contributed by atoms with E-state index in [4.69, 9.17) is 5.11 Å². The fourth-order valence-electron chi connectivity index (χ4n) is 1.01. The van der Waals surface area contributed by atoms with Crippen LogP contribution in [-0.4, -0.2) is 18.8 Å². The van der Waals surface area contributed by atoms with Crippen LogP contribution in [-0.2, 0) is 0 Å². The predicted octanol–water partition coefficient (Wildman–Crippen LogP) is 1.72. The van der Waals surface area contributed by atoms with Crippen molar-refractivity contribution in [1.82, 2.24) is 0 Å². The Balaban J connectivity index is 2.74. The summed E-state index contributed by atoms with van der Waals surface area (Å²) in [4.78, 5) is 0. The number of benzene rings is 1. The van der Waals surface area contributed by atoms with E-state index in [0.717, 1.165) is 5.56 Å². The van der Waals surface area contributed by atoms with E-state index < -0.39 is 0 Å². The highest BCUT2D eigenvalue weighted by atomic mass is 16.3. The number of aliphatic hydroxyl groups excluding tert-OH is 1. The Kier molecular flexibility index (Phi) is 3.08. The molecule has 0 unspecified atom stereocenters. The first-order valence-electron chi connectivity index (χ1n) is 3.63. The van der Waals surface area contributed by atoms with E-state index in [0.29, 0.717) is 0 Å². The van der Waals surface area contributed by atoms with Crippen molar-refractivity contribution in [3.8, 4) is 0 Å². The molecular weight excluding hydrogens is 138 g/mol. The van der Waals surface area contributed by atoms with Gasteiger partial charge in [0.05, 0.1) is 0 Å². The lowest BCUT2D eigenvalue weighted by Crippen LogP contribution is -2.00. The predicted molar refractivity (Wildman–Crippen MR) is 45.6 cm³/mol. The lowest BCUT2D eigenvalue weighted by molar-refractivity contribution is 0.279. The SMILES string of the molecule is C[N-][C@H](CO)c1ccccc1. The summed E-state index contributed by atoms with van der Waals surface area (Å²) in [6.07, 6.45) is 0. The molecule has 0 aromatic heterocycles. The van der Waals surface area contributed by atoms with Crippen LogP contribution in [0, 0.1) is 0 Å². The third-order valence-electron chi connectivity index (χ3n) is 1.67. The maximum Gasteiger partial charge on any atom is 0.0310 e. The standard InChI is InChI=1S/C9H12NO/c1-10-9(7-11)8-5-3-2-4-6-8/h2-6,9,11H,7H2,1H3/q-1/t9-/m1/s1. The first-order chi connectivity index (χ1) is 5.38. The van der Waals surface area contributed by atoms with Crippen molar-refractivity contribution in [2.24, 2.45) is 0 Å². The van der Waals surface area contributed by atoms with Crippen LogP contribution in [0.3, 0.4) is 0 Å². The highest BCUT2D eigenvalue weighted by Gasteiger charge is 1.95. The van der Waals surface area contributed by atoms with Gasteiger partial charge in [0.1, 0.15) is 0 Å². The van der Waals surface area contributed by atoms with Crippen LogP contribution in [0.1, 0.15) is 11.6 Å². The van der Waals surface area contributed by atoms with E-state index in [1.54, 1.807) is 7.05 Å². The average molecular weight is 150 g/mol. The minimum Gasteiger partial charge on any atom is -0.657 e. The third-order valence-corrected chi connectivity index (χ3v) is 1.67. The van der Waals surface area contributed by atoms with Crippen molar-refractivity contribution < 1.29 is 5.11 Å². The van der Waals surface area contributed by atoms with Crippen LogP contribution >= 0.6 is 0 Å². The van der Waals surface area contributed by atoms with Crippen molar-refractivity contribution in [3.63, 3.8) is 0 Å². The second kappa shape index (κ2) is 4.11. The second-order valence-electron chi connectivity index (χ2n) is 2.37. The van der Waals surface area contributed by atoms with Crippen LogP contribution < -0.4 is 0 Å². The largest absolute Gasteiger partial charge is 0.657 e. The monoisotopic (exact) mass is 150 g/mol. The Hall–Kier alpha value is -0.860. The molecule has 0 heterocycles. The molecular formula is C9H12NO-. The van der Waals surface area contributed by atoms with Gasteiger partial charge in [-0.15, -0.1) is 0 Å². The molecule has 1 atom stereocenters. The third kappa shape index (κ3) is 2.03. The summed E-state index contributed by atoms with van der Waals surface area (Å²) in [6.45, 7) is 0.0838. The number of hydrogen-bond donors (Lipinski definition) is 1. The highest BCUT2D eigenvalue weighted by molar-refractivity contribution is 5.22. The van der Waals surface area contributed by atoms with Crippen molar-refractivity contribution >= 4 is 0 Å². The van der Waals surface area contributed by atoms with Crippen molar-refractivity contribution in [2.75, 3.05) is 13.7 Å². The Morgan fingerprint density at radius 2 is 2.00 bits per heavy atom. The van der Waals surface area contributed by atoms with E-state index in [-0.39, 0.29) is 12.6 Å². The summed E-state index contributed by atoms with van der Waals surface area (Å²) >= 11 is 0. The quantitative estimate of drug-likeness (QED) is 0.699. The molecule has 0 bridgehead atoms. The van der Waals surface area contributed by atoms with Gasteiger partial charge in [-0.25, -0.2) is 0 Å². The molecule has 60 valence electrons. The molecule has 0 aliphatic carbocycles. The maximum absolute atomic E-state index is 8.89. The molecule has 0 saturated carbocycles. The summed E-state index contributed by atoms with van der Waals surface area (Å²) in [5, 5.41) is 12.9. The zero-order valence-electron chi connectivity index (χ0n) is 6.57. The number of likely N-dealkylation sites (N-methyl/N-ethyl adjacent to an activating group) is 1. The van der Waals surface area contributed by atoms with E-state index in [1.807, 2.05) is 30.3 Å². The summed E-state index contributed by atoms with van der Waals surface area (Å²) in [5.41, 5.74) is 1.07. The molecule has 0 radical (unpaired) electrons. The summed E-state index contributed by atoms with van der Waals surface area (Å²) < 4.78 is 0. The Labute approximate surface area is 66.9 Å². The lowest BCUT2D eigenvalue weighted by atomic mass is 10.1. The van der Waals surface area contributed by atoms with Gasteiger partial charge in [-0.1, -0.05) is 41.9 Å².